The van der Waals surface area contributed by atoms with Gasteiger partial charge in [0, 0.05) is 23.5 Å². The number of benzene rings is 1. The monoisotopic (exact) mass is 298 g/mol. The topological polar surface area (TPSA) is 102 Å². The highest BCUT2D eigenvalue weighted by molar-refractivity contribution is 7.93. The van der Waals surface area contributed by atoms with Crippen molar-refractivity contribution in [2.75, 3.05) is 4.72 Å². The molecule has 0 aliphatic carbocycles. The summed E-state index contributed by atoms with van der Waals surface area (Å²) >= 11 is 0.830. The van der Waals surface area contributed by atoms with Crippen molar-refractivity contribution in [3.8, 4) is 0 Å². The maximum Gasteiger partial charge on any atom is 0.263 e. The molecule has 7 nitrogen and oxygen atoms in total. The molecule has 1 aromatic heterocycles. The summed E-state index contributed by atoms with van der Waals surface area (Å²) in [5.41, 5.74) is 0.362. The fourth-order valence-electron chi connectivity index (χ4n) is 1.39. The van der Waals surface area contributed by atoms with Crippen LogP contribution in [0.1, 0.15) is 23.7 Å². The summed E-state index contributed by atoms with van der Waals surface area (Å²) in [6.45, 7) is 1.72. The first-order valence-electron chi connectivity index (χ1n) is 5.34. The van der Waals surface area contributed by atoms with Gasteiger partial charge in [-0.1, -0.05) is 28.6 Å². The van der Waals surface area contributed by atoms with Gasteiger partial charge >= 0.3 is 0 Å². The Morgan fingerprint density at radius 1 is 1.42 bits per heavy atom. The van der Waals surface area contributed by atoms with Gasteiger partial charge in [-0.05, 0) is 17.3 Å². The lowest BCUT2D eigenvalue weighted by molar-refractivity contribution is 0.0988. The first-order chi connectivity index (χ1) is 9.03. The van der Waals surface area contributed by atoms with Crippen molar-refractivity contribution in [2.24, 2.45) is 0 Å². The van der Waals surface area contributed by atoms with Crippen molar-refractivity contribution in [3.63, 3.8) is 0 Å². The predicted molar refractivity (Wildman–Crippen MR) is 69.6 cm³/mol. The second-order valence-corrected chi connectivity index (χ2v) is 5.99. The zero-order chi connectivity index (χ0) is 13.9. The van der Waals surface area contributed by atoms with Crippen molar-refractivity contribution in [2.45, 2.75) is 18.2 Å². The van der Waals surface area contributed by atoms with E-state index in [0.29, 0.717) is 12.0 Å². The summed E-state index contributed by atoms with van der Waals surface area (Å²) in [6.07, 6.45) is 0.317. The van der Waals surface area contributed by atoms with Crippen LogP contribution < -0.4 is 4.72 Å². The third kappa shape index (κ3) is 3.12. The third-order valence-corrected chi connectivity index (χ3v) is 4.29. The highest BCUT2D eigenvalue weighted by Gasteiger charge is 2.17. The van der Waals surface area contributed by atoms with Crippen LogP contribution in [0, 0.1) is 0 Å². The van der Waals surface area contributed by atoms with Gasteiger partial charge < -0.3 is 0 Å². The van der Waals surface area contributed by atoms with E-state index < -0.39 is 10.0 Å². The molecule has 2 aromatic rings. The number of nitrogens with zero attached hydrogens (tertiary/aromatic N) is 3. The lowest BCUT2D eigenvalue weighted by Crippen LogP contribution is -2.13. The minimum atomic E-state index is -3.78. The number of aromatic nitrogens is 3. The van der Waals surface area contributed by atoms with Crippen LogP contribution in [0.3, 0.4) is 0 Å². The molecule has 0 spiro atoms. The van der Waals surface area contributed by atoms with Crippen LogP contribution in [-0.4, -0.2) is 29.0 Å². The molecule has 1 N–H and O–H groups in total. The largest absolute Gasteiger partial charge is 0.294 e. The van der Waals surface area contributed by atoms with E-state index in [2.05, 4.69) is 19.5 Å². The minimum absolute atomic E-state index is 0.00185. The Morgan fingerprint density at radius 3 is 2.84 bits per heavy atom. The molecule has 0 radical (unpaired) electrons. The number of hydrogen-bond donors (Lipinski definition) is 1. The lowest BCUT2D eigenvalue weighted by atomic mass is 10.1. The van der Waals surface area contributed by atoms with E-state index in [1.807, 2.05) is 0 Å². The van der Waals surface area contributed by atoms with Gasteiger partial charge in [-0.3, -0.25) is 9.52 Å². The molecule has 0 bridgehead atoms. The summed E-state index contributed by atoms with van der Waals surface area (Å²) in [5, 5.41) is 6.87. The van der Waals surface area contributed by atoms with Gasteiger partial charge in [-0.15, -0.1) is 0 Å². The number of carbonyl (C=O) groups excluding carboxylic acids is 1. The molecule has 0 amide bonds. The van der Waals surface area contributed by atoms with E-state index in [0.717, 1.165) is 11.5 Å². The van der Waals surface area contributed by atoms with Crippen LogP contribution in [-0.2, 0) is 10.0 Å². The first kappa shape index (κ1) is 13.6. The summed E-state index contributed by atoms with van der Waals surface area (Å²) in [5.74, 6) is -0.116. The average Bonchev–Trinajstić information content (AvgIpc) is 2.90. The molecule has 19 heavy (non-hydrogen) atoms. The molecule has 0 saturated heterocycles. The SMILES string of the molecule is CCC(=O)c1cccc(S(=O)(=O)Nc2nnns2)c1. The van der Waals surface area contributed by atoms with Gasteiger partial charge in [0.1, 0.15) is 0 Å². The maximum atomic E-state index is 12.1. The fourth-order valence-corrected chi connectivity index (χ4v) is 3.02. The smallest absolute Gasteiger partial charge is 0.263 e. The molecule has 0 aliphatic rings. The molecule has 0 fully saturated rings. The second kappa shape index (κ2) is 5.41. The fraction of sp³-hybridized carbons (Fsp3) is 0.200. The van der Waals surface area contributed by atoms with Crippen LogP contribution >= 0.6 is 11.5 Å². The normalized spacial score (nSPS) is 11.2. The van der Waals surface area contributed by atoms with E-state index in [4.69, 9.17) is 0 Å². The van der Waals surface area contributed by atoms with Crippen molar-refractivity contribution < 1.29 is 13.2 Å². The van der Waals surface area contributed by atoms with E-state index in [1.54, 1.807) is 13.0 Å². The van der Waals surface area contributed by atoms with Crippen molar-refractivity contribution in [3.05, 3.63) is 29.8 Å². The van der Waals surface area contributed by atoms with E-state index in [9.17, 15) is 13.2 Å². The number of Topliss-reactive ketones (excluding diaryl/α,β-unsaturated/α-hetero) is 1. The van der Waals surface area contributed by atoms with Crippen molar-refractivity contribution in [1.82, 2.24) is 14.8 Å². The quantitative estimate of drug-likeness (QED) is 0.835. The van der Waals surface area contributed by atoms with E-state index >= 15 is 0 Å². The molecule has 9 heteroatoms. The van der Waals surface area contributed by atoms with Crippen molar-refractivity contribution in [1.29, 1.82) is 0 Å². The zero-order valence-corrected chi connectivity index (χ0v) is 11.5. The van der Waals surface area contributed by atoms with Gasteiger partial charge in [0.25, 0.3) is 10.0 Å². The Balaban J connectivity index is 2.33. The number of hydrogen-bond acceptors (Lipinski definition) is 7. The highest BCUT2D eigenvalue weighted by atomic mass is 32.2. The van der Waals surface area contributed by atoms with Gasteiger partial charge in [0.2, 0.25) is 5.13 Å². The third-order valence-electron chi connectivity index (χ3n) is 2.31. The molecule has 0 unspecified atom stereocenters. The van der Waals surface area contributed by atoms with Crippen LogP contribution in [0.15, 0.2) is 29.2 Å². The molecular weight excluding hydrogens is 288 g/mol. The zero-order valence-electron chi connectivity index (χ0n) is 9.90. The summed E-state index contributed by atoms with van der Waals surface area (Å²) < 4.78 is 29.8. The van der Waals surface area contributed by atoms with Gasteiger partial charge in [-0.25, -0.2) is 8.42 Å². The molecule has 0 saturated carbocycles. The Hall–Kier alpha value is -1.87. The van der Waals surface area contributed by atoms with Crippen LogP contribution in [0.25, 0.3) is 0 Å². The number of rotatable bonds is 5. The summed E-state index contributed by atoms with van der Waals surface area (Å²) in [7, 11) is -3.78. The Bertz CT molecular complexity index is 683. The molecule has 2 rings (SSSR count). The van der Waals surface area contributed by atoms with Crippen LogP contribution in [0.4, 0.5) is 5.13 Å². The molecule has 1 aromatic carbocycles. The number of sulfonamides is 1. The average molecular weight is 298 g/mol. The summed E-state index contributed by atoms with van der Waals surface area (Å²) in [6, 6.07) is 5.85. The number of carbonyl (C=O) groups is 1. The van der Waals surface area contributed by atoms with Gasteiger partial charge in [-0.2, -0.15) is 0 Å². The second-order valence-electron chi connectivity index (χ2n) is 3.58. The lowest BCUT2D eigenvalue weighted by Gasteiger charge is -2.05. The summed E-state index contributed by atoms with van der Waals surface area (Å²) in [4.78, 5) is 11.6. The Kier molecular flexibility index (Phi) is 3.86. The minimum Gasteiger partial charge on any atom is -0.294 e. The van der Waals surface area contributed by atoms with E-state index in [1.165, 1.54) is 18.2 Å². The number of nitrogens with one attached hydrogen (secondary N) is 1. The van der Waals surface area contributed by atoms with Crippen molar-refractivity contribution >= 4 is 32.5 Å². The predicted octanol–water partition coefficient (Wildman–Crippen LogP) is 1.33. The molecular formula is C10H10N4O3S2. The van der Waals surface area contributed by atoms with E-state index in [-0.39, 0.29) is 15.8 Å². The van der Waals surface area contributed by atoms with Crippen LogP contribution in [0.5, 0.6) is 0 Å². The molecule has 100 valence electrons. The molecule has 1 heterocycles. The van der Waals surface area contributed by atoms with Crippen LogP contribution in [0.2, 0.25) is 0 Å². The Morgan fingerprint density at radius 2 is 2.21 bits per heavy atom. The van der Waals surface area contributed by atoms with Gasteiger partial charge in [0.15, 0.2) is 5.78 Å². The first-order valence-corrected chi connectivity index (χ1v) is 7.59. The number of ketones is 1. The molecule has 0 atom stereocenters. The Labute approximate surface area is 113 Å². The number of anilines is 1. The maximum absolute atomic E-state index is 12.1. The highest BCUT2D eigenvalue weighted by Crippen LogP contribution is 2.17. The standard InChI is InChI=1S/C10H10N4O3S2/c1-2-9(15)7-4-3-5-8(6-7)19(16,17)12-10-11-13-14-18-10/h3-6H,2H2,1H3,(H,11,12,14). The van der Waals surface area contributed by atoms with Gasteiger partial charge in [0.05, 0.1) is 4.90 Å². The molecule has 0 aliphatic heterocycles.